The zero-order valence-corrected chi connectivity index (χ0v) is 18.1. The molecule has 1 unspecified atom stereocenters. The molecule has 2 aliphatic rings. The molecule has 1 atom stereocenters. The van der Waals surface area contributed by atoms with Crippen LogP contribution in [0.25, 0.3) is 10.9 Å². The number of benzene rings is 2. The lowest BCUT2D eigenvalue weighted by molar-refractivity contribution is -0.163. The fraction of sp³-hybridized carbons (Fsp3) is 0.360. The van der Waals surface area contributed by atoms with Crippen molar-refractivity contribution in [3.8, 4) is 0 Å². The van der Waals surface area contributed by atoms with Crippen molar-refractivity contribution in [1.29, 1.82) is 0 Å². The zero-order valence-electron chi connectivity index (χ0n) is 18.1. The summed E-state index contributed by atoms with van der Waals surface area (Å²) in [6, 6.07) is 14.5. The van der Waals surface area contributed by atoms with Crippen molar-refractivity contribution in [3.63, 3.8) is 0 Å². The first kappa shape index (κ1) is 20.7. The van der Waals surface area contributed by atoms with Crippen LogP contribution in [0.4, 0.5) is 4.39 Å². The van der Waals surface area contributed by atoms with Gasteiger partial charge in [0.25, 0.3) is 0 Å². The highest BCUT2D eigenvalue weighted by atomic mass is 19.1. The Balaban J connectivity index is 1.29. The average Bonchev–Trinajstić information content (AvgIpc) is 3.33. The summed E-state index contributed by atoms with van der Waals surface area (Å²) < 4.78 is 19.8. The van der Waals surface area contributed by atoms with E-state index in [2.05, 4.69) is 4.98 Å². The second kappa shape index (κ2) is 8.06. The topological polar surface area (TPSA) is 65.6 Å². The third-order valence-electron chi connectivity index (χ3n) is 6.63. The Hall–Kier alpha value is -3.19. The lowest BCUT2D eigenvalue weighted by atomic mass is 10.00. The number of amides is 2. The maximum Gasteiger partial charge on any atom is 0.249 e. The number of aromatic amines is 1. The summed E-state index contributed by atoms with van der Waals surface area (Å²) in [6.45, 7) is 4.00. The van der Waals surface area contributed by atoms with Gasteiger partial charge in [-0.25, -0.2) is 4.39 Å². The number of hydrogen-bond donors (Lipinski definition) is 1. The van der Waals surface area contributed by atoms with Gasteiger partial charge >= 0.3 is 0 Å². The predicted octanol–water partition coefficient (Wildman–Crippen LogP) is 3.19. The van der Waals surface area contributed by atoms with E-state index in [0.29, 0.717) is 32.6 Å². The van der Waals surface area contributed by atoms with Gasteiger partial charge in [-0.05, 0) is 42.7 Å². The van der Waals surface area contributed by atoms with E-state index in [1.807, 2.05) is 47.1 Å². The maximum atomic E-state index is 13.8. The van der Waals surface area contributed by atoms with E-state index in [9.17, 15) is 14.0 Å². The molecule has 2 aliphatic heterocycles. The third kappa shape index (κ3) is 3.88. The van der Waals surface area contributed by atoms with Crippen LogP contribution in [0.1, 0.15) is 23.2 Å². The van der Waals surface area contributed by atoms with Crippen LogP contribution in [0.5, 0.6) is 0 Å². The van der Waals surface area contributed by atoms with Crippen LogP contribution in [0.2, 0.25) is 0 Å². The Kier molecular flexibility index (Phi) is 5.21. The average molecular weight is 435 g/mol. The summed E-state index contributed by atoms with van der Waals surface area (Å²) in [5.41, 5.74) is 3.08. The van der Waals surface area contributed by atoms with Crippen molar-refractivity contribution >= 4 is 22.7 Å². The van der Waals surface area contributed by atoms with E-state index in [4.69, 9.17) is 4.74 Å². The first-order chi connectivity index (χ1) is 15.4. The maximum absolute atomic E-state index is 13.8. The van der Waals surface area contributed by atoms with E-state index >= 15 is 0 Å². The molecule has 166 valence electrons. The van der Waals surface area contributed by atoms with Gasteiger partial charge in [0.2, 0.25) is 11.8 Å². The molecule has 5 rings (SSSR count). The summed E-state index contributed by atoms with van der Waals surface area (Å²) in [5.74, 6) is -0.352. The molecular weight excluding hydrogens is 409 g/mol. The van der Waals surface area contributed by atoms with Crippen LogP contribution < -0.4 is 0 Å². The van der Waals surface area contributed by atoms with Crippen LogP contribution in [0.3, 0.4) is 0 Å². The van der Waals surface area contributed by atoms with E-state index < -0.39 is 5.60 Å². The summed E-state index contributed by atoms with van der Waals surface area (Å²) in [7, 11) is 0. The highest BCUT2D eigenvalue weighted by Crippen LogP contribution is 2.32. The molecule has 1 spiro atoms. The number of hydrogen-bond acceptors (Lipinski definition) is 3. The third-order valence-corrected chi connectivity index (χ3v) is 6.63. The number of morpholine rings is 1. The number of carbonyl (C=O) groups excluding carboxylic acids is 2. The molecule has 6 nitrogen and oxygen atoms in total. The molecule has 0 aliphatic carbocycles. The van der Waals surface area contributed by atoms with Gasteiger partial charge in [-0.1, -0.05) is 30.3 Å². The number of nitrogens with one attached hydrogen (secondary N) is 1. The molecule has 2 aromatic carbocycles. The van der Waals surface area contributed by atoms with Gasteiger partial charge in [0, 0.05) is 29.7 Å². The molecule has 3 heterocycles. The van der Waals surface area contributed by atoms with Crippen molar-refractivity contribution in [2.45, 2.75) is 31.9 Å². The fourth-order valence-corrected chi connectivity index (χ4v) is 4.89. The number of H-pyrrole nitrogens is 1. The van der Waals surface area contributed by atoms with Crippen molar-refractivity contribution in [3.05, 3.63) is 71.2 Å². The van der Waals surface area contributed by atoms with Crippen LogP contribution in [0, 0.1) is 12.7 Å². The fourth-order valence-electron chi connectivity index (χ4n) is 4.89. The van der Waals surface area contributed by atoms with E-state index in [1.165, 1.54) is 12.1 Å². The molecule has 0 saturated carbocycles. The molecule has 0 radical (unpaired) electrons. The SMILES string of the molecule is Cc1[nH]c2ccc(F)cc2c1CC(=O)N1CCC2(C1)CN(Cc1ccccc1)C(=O)CO2. The summed E-state index contributed by atoms with van der Waals surface area (Å²) >= 11 is 0. The molecule has 7 heteroatoms. The monoisotopic (exact) mass is 435 g/mol. The van der Waals surface area contributed by atoms with E-state index in [1.54, 1.807) is 6.07 Å². The molecule has 2 saturated heterocycles. The summed E-state index contributed by atoms with van der Waals surface area (Å²) in [4.78, 5) is 32.5. The number of likely N-dealkylation sites (tertiary alicyclic amines) is 1. The lowest BCUT2D eigenvalue weighted by Gasteiger charge is -2.40. The van der Waals surface area contributed by atoms with Crippen molar-refractivity contribution in [2.24, 2.45) is 0 Å². The number of aryl methyl sites for hydroxylation is 1. The standard InChI is InChI=1S/C25H26FN3O3/c1-17-20(21-11-19(26)7-8-22(21)27-17)12-23(30)28-10-9-25(15-28)16-29(24(31)14-32-25)13-18-5-3-2-4-6-18/h2-8,11,27H,9-10,12-16H2,1H3. The number of aromatic nitrogens is 1. The minimum Gasteiger partial charge on any atom is -0.361 e. The number of nitrogens with zero attached hydrogens (tertiary/aromatic N) is 2. The molecule has 3 aromatic rings. The largest absolute Gasteiger partial charge is 0.361 e. The normalized spacial score (nSPS) is 21.1. The molecule has 32 heavy (non-hydrogen) atoms. The van der Waals surface area contributed by atoms with Crippen LogP contribution >= 0.6 is 0 Å². The minimum atomic E-state index is -0.528. The summed E-state index contributed by atoms with van der Waals surface area (Å²) in [5, 5.41) is 0.748. The second-order valence-electron chi connectivity index (χ2n) is 8.87. The number of ether oxygens (including phenoxy) is 1. The van der Waals surface area contributed by atoms with Crippen molar-refractivity contribution < 1.29 is 18.7 Å². The van der Waals surface area contributed by atoms with Gasteiger partial charge in [-0.15, -0.1) is 0 Å². The number of carbonyl (C=O) groups is 2. The molecule has 0 bridgehead atoms. The van der Waals surface area contributed by atoms with Gasteiger partial charge in [0.05, 0.1) is 19.5 Å². The van der Waals surface area contributed by atoms with E-state index in [-0.39, 0.29) is 30.7 Å². The molecule has 1 N–H and O–H groups in total. The quantitative estimate of drug-likeness (QED) is 0.685. The Bertz CT molecular complexity index is 1180. The number of fused-ring (bicyclic) bond motifs is 1. The molecule has 1 aromatic heterocycles. The second-order valence-corrected chi connectivity index (χ2v) is 8.87. The highest BCUT2D eigenvalue weighted by molar-refractivity contribution is 5.90. The smallest absolute Gasteiger partial charge is 0.249 e. The Morgan fingerprint density at radius 2 is 2.00 bits per heavy atom. The van der Waals surface area contributed by atoms with Crippen molar-refractivity contribution in [2.75, 3.05) is 26.2 Å². The molecular formula is C25H26FN3O3. The Morgan fingerprint density at radius 1 is 1.19 bits per heavy atom. The molecule has 2 fully saturated rings. The summed E-state index contributed by atoms with van der Waals surface area (Å²) in [6.07, 6.45) is 0.900. The highest BCUT2D eigenvalue weighted by Gasteiger charge is 2.46. The minimum absolute atomic E-state index is 0.00903. The van der Waals surface area contributed by atoms with E-state index in [0.717, 1.165) is 27.7 Å². The van der Waals surface area contributed by atoms with Crippen LogP contribution in [-0.4, -0.2) is 58.4 Å². The van der Waals surface area contributed by atoms with Gasteiger partial charge in [0.15, 0.2) is 0 Å². The van der Waals surface area contributed by atoms with Crippen LogP contribution in [-0.2, 0) is 27.3 Å². The zero-order chi connectivity index (χ0) is 22.3. The van der Waals surface area contributed by atoms with Crippen molar-refractivity contribution in [1.82, 2.24) is 14.8 Å². The van der Waals surface area contributed by atoms with Gasteiger partial charge in [0.1, 0.15) is 18.0 Å². The first-order valence-electron chi connectivity index (χ1n) is 10.9. The number of rotatable bonds is 4. The van der Waals surface area contributed by atoms with Crippen LogP contribution in [0.15, 0.2) is 48.5 Å². The molecule has 2 amide bonds. The van der Waals surface area contributed by atoms with Gasteiger partial charge in [-0.2, -0.15) is 0 Å². The lowest BCUT2D eigenvalue weighted by Crippen LogP contribution is -2.55. The van der Waals surface area contributed by atoms with Gasteiger partial charge in [-0.3, -0.25) is 9.59 Å². The Morgan fingerprint density at radius 3 is 2.81 bits per heavy atom. The van der Waals surface area contributed by atoms with Gasteiger partial charge < -0.3 is 19.5 Å². The predicted molar refractivity (Wildman–Crippen MR) is 118 cm³/mol. The number of halogens is 1. The Labute approximate surface area is 186 Å². The first-order valence-corrected chi connectivity index (χ1v) is 10.9.